The maximum Gasteiger partial charge on any atom is 0.408 e. The fourth-order valence-electron chi connectivity index (χ4n) is 3.41. The number of hydrogen-bond acceptors (Lipinski definition) is 5. The summed E-state index contributed by atoms with van der Waals surface area (Å²) in [6, 6.07) is 1.82. The number of carboxylic acid groups (broad SMARTS) is 2. The molecular weight excluding hydrogens is 438 g/mol. The smallest absolute Gasteiger partial charge is 0.408 e. The second-order valence-corrected chi connectivity index (χ2v) is 8.35. The minimum atomic E-state index is -1.35. The summed E-state index contributed by atoms with van der Waals surface area (Å²) in [4.78, 5) is 34.2. The highest BCUT2D eigenvalue weighted by molar-refractivity contribution is 6.28. The molecule has 9 heteroatoms. The van der Waals surface area contributed by atoms with E-state index < -0.39 is 30.2 Å². The molecule has 2 atom stereocenters. The lowest BCUT2D eigenvalue weighted by Crippen LogP contribution is -2.41. The lowest BCUT2D eigenvalue weighted by molar-refractivity contribution is -0.140. The van der Waals surface area contributed by atoms with Crippen LogP contribution in [0.2, 0.25) is 5.22 Å². The Morgan fingerprint density at radius 3 is 2.06 bits per heavy atom. The number of halogens is 1. The van der Waals surface area contributed by atoms with Gasteiger partial charge in [-0.05, 0) is 43.0 Å². The van der Waals surface area contributed by atoms with Crippen LogP contribution in [0.4, 0.5) is 4.79 Å². The van der Waals surface area contributed by atoms with Crippen molar-refractivity contribution < 1.29 is 33.8 Å². The Kier molecular flexibility index (Phi) is 14.3. The van der Waals surface area contributed by atoms with Crippen molar-refractivity contribution in [3.05, 3.63) is 23.1 Å². The topological polar surface area (TPSA) is 126 Å². The van der Waals surface area contributed by atoms with Crippen LogP contribution < -0.4 is 5.32 Å². The molecule has 0 radical (unpaired) electrons. The third kappa shape index (κ3) is 12.6. The fourth-order valence-corrected chi connectivity index (χ4v) is 3.56. The summed E-state index contributed by atoms with van der Waals surface area (Å²) in [7, 11) is 0. The molecule has 0 saturated carbocycles. The molecule has 0 aliphatic heterocycles. The number of nitrogens with one attached hydrogen (secondary N) is 1. The molecule has 8 nitrogen and oxygen atoms in total. The summed E-state index contributed by atoms with van der Waals surface area (Å²) >= 11 is 5.85. The Hall–Kier alpha value is -2.22. The predicted molar refractivity (Wildman–Crippen MR) is 121 cm³/mol. The number of unbranched alkanes of at least 4 members (excludes halogenated alkanes) is 9. The Morgan fingerprint density at radius 2 is 1.56 bits per heavy atom. The highest BCUT2D eigenvalue weighted by Gasteiger charge is 2.25. The van der Waals surface area contributed by atoms with E-state index in [9.17, 15) is 19.5 Å². The minimum Gasteiger partial charge on any atom is -0.481 e. The van der Waals surface area contributed by atoms with Gasteiger partial charge in [0.2, 0.25) is 0 Å². The third-order valence-corrected chi connectivity index (χ3v) is 5.42. The normalized spacial score (nSPS) is 12.8. The van der Waals surface area contributed by atoms with Crippen LogP contribution in [0.1, 0.15) is 102 Å². The number of ether oxygens (including phenoxy) is 1. The van der Waals surface area contributed by atoms with E-state index in [4.69, 9.17) is 25.9 Å². The standard InChI is InChI=1S/C23H36ClNO7/c1-2-3-4-5-6-7-8-9-10-11-12-18(19-14-15-20(24)31-19)32-23(30)25-17(22(28)29)13-16-21(26)27/h14-15,17-18H,2-13,16H2,1H3,(H,25,30)(H,26,27)(H,28,29). The second kappa shape index (κ2) is 16.4. The number of rotatable bonds is 18. The van der Waals surface area contributed by atoms with E-state index in [1.54, 1.807) is 12.1 Å². The van der Waals surface area contributed by atoms with Crippen LogP contribution in [0.15, 0.2) is 16.5 Å². The summed E-state index contributed by atoms with van der Waals surface area (Å²) in [5, 5.41) is 20.3. The SMILES string of the molecule is CCCCCCCCCCCCC(OC(=O)NC(CCC(=O)O)C(=O)O)c1ccc(Cl)o1. The molecule has 1 aromatic rings. The molecule has 1 amide bonds. The number of aliphatic carboxylic acids is 2. The molecule has 2 unspecified atom stereocenters. The Balaban J connectivity index is 2.46. The first-order chi connectivity index (χ1) is 15.3. The molecule has 1 rings (SSSR count). The van der Waals surface area contributed by atoms with Gasteiger partial charge in [0, 0.05) is 6.42 Å². The van der Waals surface area contributed by atoms with E-state index in [0.717, 1.165) is 19.3 Å². The van der Waals surface area contributed by atoms with E-state index >= 15 is 0 Å². The molecule has 0 bridgehead atoms. The molecule has 0 spiro atoms. The monoisotopic (exact) mass is 473 g/mol. The van der Waals surface area contributed by atoms with E-state index in [2.05, 4.69) is 12.2 Å². The Labute approximate surface area is 194 Å². The van der Waals surface area contributed by atoms with Gasteiger partial charge in [0.25, 0.3) is 0 Å². The van der Waals surface area contributed by atoms with E-state index in [1.165, 1.54) is 44.9 Å². The molecule has 0 fully saturated rings. The number of hydrogen-bond donors (Lipinski definition) is 3. The van der Waals surface area contributed by atoms with Crippen molar-refractivity contribution in [1.82, 2.24) is 5.32 Å². The lowest BCUT2D eigenvalue weighted by Gasteiger charge is -2.19. The van der Waals surface area contributed by atoms with Gasteiger partial charge in [-0.25, -0.2) is 9.59 Å². The molecule has 0 aliphatic rings. The summed E-state index contributed by atoms with van der Waals surface area (Å²) in [5.41, 5.74) is 0. The minimum absolute atomic E-state index is 0.168. The summed E-state index contributed by atoms with van der Waals surface area (Å²) in [6.07, 6.45) is 9.98. The maximum atomic E-state index is 12.3. The van der Waals surface area contributed by atoms with Gasteiger partial charge >= 0.3 is 18.0 Å². The molecule has 0 saturated heterocycles. The number of amides is 1. The highest BCUT2D eigenvalue weighted by atomic mass is 35.5. The number of furan rings is 1. The number of carboxylic acids is 2. The van der Waals surface area contributed by atoms with Crippen LogP contribution in [0.5, 0.6) is 0 Å². The van der Waals surface area contributed by atoms with Gasteiger partial charge < -0.3 is 24.7 Å². The predicted octanol–water partition coefficient (Wildman–Crippen LogP) is 6.33. The van der Waals surface area contributed by atoms with Crippen molar-refractivity contribution in [3.8, 4) is 0 Å². The number of alkyl carbamates (subject to hydrolysis) is 1. The average molecular weight is 474 g/mol. The van der Waals surface area contributed by atoms with E-state index in [1.807, 2.05) is 0 Å². The zero-order valence-corrected chi connectivity index (χ0v) is 19.6. The molecule has 3 N–H and O–H groups in total. The van der Waals surface area contributed by atoms with E-state index in [0.29, 0.717) is 12.2 Å². The molecular formula is C23H36ClNO7. The van der Waals surface area contributed by atoms with Gasteiger partial charge in [0.05, 0.1) is 0 Å². The van der Waals surface area contributed by atoms with Gasteiger partial charge in [-0.1, -0.05) is 64.7 Å². The van der Waals surface area contributed by atoms with Crippen LogP contribution in [0, 0.1) is 0 Å². The fraction of sp³-hybridized carbons (Fsp3) is 0.696. The zero-order chi connectivity index (χ0) is 23.8. The third-order valence-electron chi connectivity index (χ3n) is 5.22. The van der Waals surface area contributed by atoms with Crippen molar-refractivity contribution >= 4 is 29.6 Å². The van der Waals surface area contributed by atoms with Crippen LogP contribution in [0.3, 0.4) is 0 Å². The maximum absolute atomic E-state index is 12.3. The van der Waals surface area contributed by atoms with Gasteiger partial charge in [0.1, 0.15) is 11.8 Å². The second-order valence-electron chi connectivity index (χ2n) is 7.97. The summed E-state index contributed by atoms with van der Waals surface area (Å²) < 4.78 is 10.8. The van der Waals surface area contributed by atoms with E-state index in [-0.39, 0.29) is 18.1 Å². The molecule has 182 valence electrons. The van der Waals surface area contributed by atoms with Gasteiger partial charge in [-0.2, -0.15) is 0 Å². The average Bonchev–Trinajstić information content (AvgIpc) is 3.17. The van der Waals surface area contributed by atoms with Crippen molar-refractivity contribution in [1.29, 1.82) is 0 Å². The van der Waals surface area contributed by atoms with Crippen LogP contribution in [0.25, 0.3) is 0 Å². The van der Waals surface area contributed by atoms with Crippen molar-refractivity contribution in [2.75, 3.05) is 0 Å². The zero-order valence-electron chi connectivity index (χ0n) is 18.8. The van der Waals surface area contributed by atoms with Crippen LogP contribution in [-0.2, 0) is 14.3 Å². The first kappa shape index (κ1) is 27.8. The quantitative estimate of drug-likeness (QED) is 0.212. The molecule has 0 aliphatic carbocycles. The molecule has 1 heterocycles. The molecule has 0 aromatic carbocycles. The van der Waals surface area contributed by atoms with Gasteiger partial charge in [0.15, 0.2) is 11.3 Å². The van der Waals surface area contributed by atoms with Crippen molar-refractivity contribution in [2.24, 2.45) is 0 Å². The molecule has 32 heavy (non-hydrogen) atoms. The number of carbonyl (C=O) groups excluding carboxylic acids is 1. The first-order valence-corrected chi connectivity index (χ1v) is 11.9. The lowest BCUT2D eigenvalue weighted by atomic mass is 10.0. The largest absolute Gasteiger partial charge is 0.481 e. The van der Waals surface area contributed by atoms with Crippen molar-refractivity contribution in [2.45, 2.75) is 103 Å². The summed E-state index contributed by atoms with van der Waals surface area (Å²) in [5.74, 6) is -2.08. The highest BCUT2D eigenvalue weighted by Crippen LogP contribution is 2.28. The summed E-state index contributed by atoms with van der Waals surface area (Å²) in [6.45, 7) is 2.21. The van der Waals surface area contributed by atoms with Crippen LogP contribution >= 0.6 is 11.6 Å². The Morgan fingerprint density at radius 1 is 0.969 bits per heavy atom. The molecule has 1 aromatic heterocycles. The van der Waals surface area contributed by atoms with Crippen molar-refractivity contribution in [3.63, 3.8) is 0 Å². The van der Waals surface area contributed by atoms with Gasteiger partial charge in [-0.15, -0.1) is 0 Å². The van der Waals surface area contributed by atoms with Gasteiger partial charge in [-0.3, -0.25) is 4.79 Å². The van der Waals surface area contributed by atoms with Crippen LogP contribution in [-0.4, -0.2) is 34.3 Å². The first-order valence-electron chi connectivity index (χ1n) is 11.5. The number of carbonyl (C=O) groups is 3. The Bertz CT molecular complexity index is 692.